The van der Waals surface area contributed by atoms with Gasteiger partial charge in [0.25, 0.3) is 0 Å². The first-order valence-electron chi connectivity index (χ1n) is 5.71. The summed E-state index contributed by atoms with van der Waals surface area (Å²) in [6.45, 7) is 2.15. The van der Waals surface area contributed by atoms with Crippen LogP contribution in [0.2, 0.25) is 0 Å². The molecule has 0 aliphatic rings. The molecule has 0 fully saturated rings. The first kappa shape index (κ1) is 13.4. The van der Waals surface area contributed by atoms with Crippen LogP contribution in [0.1, 0.15) is 17.8 Å². The minimum absolute atomic E-state index is 0.285. The Balaban J connectivity index is 2.05. The summed E-state index contributed by atoms with van der Waals surface area (Å²) in [5.74, 6) is 0.965. The maximum atomic E-state index is 4.39. The summed E-state index contributed by atoms with van der Waals surface area (Å²) < 4.78 is 1.16. The number of anilines is 2. The number of hydrogen-bond acceptors (Lipinski definition) is 4. The number of hydrogen-bond donors (Lipinski definition) is 1. The molecule has 96 valence electrons. The highest BCUT2D eigenvalue weighted by Crippen LogP contribution is 2.29. The van der Waals surface area contributed by atoms with E-state index < -0.39 is 0 Å². The summed E-state index contributed by atoms with van der Waals surface area (Å²) >= 11 is 5.23. The van der Waals surface area contributed by atoms with Crippen LogP contribution in [0, 0.1) is 0 Å². The number of rotatable bonds is 4. The maximum Gasteiger partial charge on any atom is 0.128 e. The number of halogens is 1. The van der Waals surface area contributed by atoms with Crippen LogP contribution in [-0.2, 0) is 0 Å². The zero-order valence-electron chi connectivity index (χ0n) is 10.6. The minimum atomic E-state index is 0.285. The minimum Gasteiger partial charge on any atom is -0.376 e. The molecule has 0 spiro atoms. The van der Waals surface area contributed by atoms with Crippen molar-refractivity contribution >= 4 is 38.8 Å². The molecule has 0 bridgehead atoms. The van der Waals surface area contributed by atoms with Crippen LogP contribution in [0.3, 0.4) is 0 Å². The van der Waals surface area contributed by atoms with Gasteiger partial charge < -0.3 is 10.2 Å². The van der Waals surface area contributed by atoms with E-state index in [0.717, 1.165) is 15.3 Å². The zero-order chi connectivity index (χ0) is 13.1. The van der Waals surface area contributed by atoms with Crippen molar-refractivity contribution in [3.63, 3.8) is 0 Å². The molecule has 1 atom stereocenters. The Morgan fingerprint density at radius 3 is 2.56 bits per heavy atom. The average Bonchev–Trinajstić information content (AvgIpc) is 2.76. The molecule has 2 heterocycles. The standard InChI is InChI=1S/C13H16BrN3S/c1-9(11-5-6-12(14)18-11)16-10-4-7-13(15-8-10)17(2)3/h4-9,16H,1-3H3. The molecule has 0 aliphatic carbocycles. The molecule has 3 nitrogen and oxygen atoms in total. The second-order valence-electron chi connectivity index (χ2n) is 4.31. The van der Waals surface area contributed by atoms with Gasteiger partial charge in [0, 0.05) is 19.0 Å². The topological polar surface area (TPSA) is 28.2 Å². The van der Waals surface area contributed by atoms with Gasteiger partial charge >= 0.3 is 0 Å². The first-order chi connectivity index (χ1) is 8.56. The largest absolute Gasteiger partial charge is 0.376 e. The van der Waals surface area contributed by atoms with Crippen LogP contribution >= 0.6 is 27.3 Å². The van der Waals surface area contributed by atoms with E-state index in [1.165, 1.54) is 4.88 Å². The molecule has 18 heavy (non-hydrogen) atoms. The monoisotopic (exact) mass is 325 g/mol. The third-order valence-electron chi connectivity index (χ3n) is 2.61. The van der Waals surface area contributed by atoms with Crippen LogP contribution in [0.25, 0.3) is 0 Å². The number of thiophene rings is 1. The fraction of sp³-hybridized carbons (Fsp3) is 0.308. The lowest BCUT2D eigenvalue weighted by Gasteiger charge is -2.15. The normalized spacial score (nSPS) is 12.2. The predicted octanol–water partition coefficient (Wildman–Crippen LogP) is 4.14. The van der Waals surface area contributed by atoms with E-state index in [1.54, 1.807) is 11.3 Å². The predicted molar refractivity (Wildman–Crippen MR) is 82.6 cm³/mol. The van der Waals surface area contributed by atoms with Gasteiger partial charge in [0.15, 0.2) is 0 Å². The van der Waals surface area contributed by atoms with Gasteiger partial charge in [-0.15, -0.1) is 11.3 Å². The summed E-state index contributed by atoms with van der Waals surface area (Å²) in [4.78, 5) is 7.68. The molecule has 2 rings (SSSR count). The summed E-state index contributed by atoms with van der Waals surface area (Å²) in [5, 5.41) is 3.45. The van der Waals surface area contributed by atoms with Crippen molar-refractivity contribution in [1.29, 1.82) is 0 Å². The van der Waals surface area contributed by atoms with E-state index in [2.05, 4.69) is 51.4 Å². The van der Waals surface area contributed by atoms with Crippen LogP contribution in [0.15, 0.2) is 34.2 Å². The molecule has 0 radical (unpaired) electrons. The van der Waals surface area contributed by atoms with Gasteiger partial charge in [0.05, 0.1) is 21.7 Å². The fourth-order valence-corrected chi connectivity index (χ4v) is 3.04. The van der Waals surface area contributed by atoms with Crippen molar-refractivity contribution in [3.05, 3.63) is 39.1 Å². The Morgan fingerprint density at radius 1 is 1.28 bits per heavy atom. The molecule has 2 aromatic rings. The van der Waals surface area contributed by atoms with Crippen LogP contribution < -0.4 is 10.2 Å². The van der Waals surface area contributed by atoms with Crippen LogP contribution in [0.4, 0.5) is 11.5 Å². The van der Waals surface area contributed by atoms with Crippen molar-refractivity contribution in [2.24, 2.45) is 0 Å². The van der Waals surface area contributed by atoms with E-state index >= 15 is 0 Å². The van der Waals surface area contributed by atoms with E-state index in [0.29, 0.717) is 0 Å². The Bertz CT molecular complexity index is 507. The van der Waals surface area contributed by atoms with Crippen molar-refractivity contribution in [1.82, 2.24) is 4.98 Å². The van der Waals surface area contributed by atoms with Gasteiger partial charge in [-0.05, 0) is 47.1 Å². The van der Waals surface area contributed by atoms with Gasteiger partial charge in [-0.25, -0.2) is 4.98 Å². The molecule has 1 N–H and O–H groups in total. The molecule has 0 saturated heterocycles. The summed E-state index contributed by atoms with van der Waals surface area (Å²) in [7, 11) is 3.97. The lowest BCUT2D eigenvalue weighted by atomic mass is 10.2. The molecular formula is C13H16BrN3S. The van der Waals surface area contributed by atoms with E-state index in [-0.39, 0.29) is 6.04 Å². The summed E-state index contributed by atoms with van der Waals surface area (Å²) in [5.41, 5.74) is 1.04. The van der Waals surface area contributed by atoms with Gasteiger partial charge in [-0.2, -0.15) is 0 Å². The van der Waals surface area contributed by atoms with Crippen molar-refractivity contribution in [3.8, 4) is 0 Å². The Labute approximate surface area is 120 Å². The SMILES string of the molecule is CC(Nc1ccc(N(C)C)nc1)c1ccc(Br)s1. The third kappa shape index (κ3) is 3.23. The second-order valence-corrected chi connectivity index (χ2v) is 6.80. The zero-order valence-corrected chi connectivity index (χ0v) is 13.0. The number of aromatic nitrogens is 1. The molecule has 0 saturated carbocycles. The van der Waals surface area contributed by atoms with E-state index in [9.17, 15) is 0 Å². The van der Waals surface area contributed by atoms with Gasteiger partial charge in [-0.3, -0.25) is 0 Å². The lowest BCUT2D eigenvalue weighted by Crippen LogP contribution is -2.11. The van der Waals surface area contributed by atoms with Crippen LogP contribution in [0.5, 0.6) is 0 Å². The molecular weight excluding hydrogens is 310 g/mol. The third-order valence-corrected chi connectivity index (χ3v) is 4.42. The van der Waals surface area contributed by atoms with E-state index in [4.69, 9.17) is 0 Å². The Morgan fingerprint density at radius 2 is 2.06 bits per heavy atom. The smallest absolute Gasteiger partial charge is 0.128 e. The highest BCUT2D eigenvalue weighted by Gasteiger charge is 2.08. The van der Waals surface area contributed by atoms with Gasteiger partial charge in [0.1, 0.15) is 5.82 Å². The number of nitrogens with zero attached hydrogens (tertiary/aromatic N) is 2. The Kier molecular flexibility index (Phi) is 4.24. The van der Waals surface area contributed by atoms with Gasteiger partial charge in [0.2, 0.25) is 0 Å². The maximum absolute atomic E-state index is 4.39. The van der Waals surface area contributed by atoms with Crippen molar-refractivity contribution < 1.29 is 0 Å². The molecule has 5 heteroatoms. The molecule has 0 aliphatic heterocycles. The van der Waals surface area contributed by atoms with Crippen molar-refractivity contribution in [2.45, 2.75) is 13.0 Å². The molecule has 1 unspecified atom stereocenters. The fourth-order valence-electron chi connectivity index (χ4n) is 1.62. The second kappa shape index (κ2) is 5.71. The summed E-state index contributed by atoms with van der Waals surface area (Å²) in [6.07, 6.45) is 1.87. The molecule has 2 aromatic heterocycles. The first-order valence-corrected chi connectivity index (χ1v) is 7.32. The highest BCUT2D eigenvalue weighted by atomic mass is 79.9. The highest BCUT2D eigenvalue weighted by molar-refractivity contribution is 9.11. The quantitative estimate of drug-likeness (QED) is 0.915. The summed E-state index contributed by atoms with van der Waals surface area (Å²) in [6, 6.07) is 8.56. The van der Waals surface area contributed by atoms with Crippen LogP contribution in [-0.4, -0.2) is 19.1 Å². The van der Waals surface area contributed by atoms with Crippen molar-refractivity contribution in [2.75, 3.05) is 24.3 Å². The number of pyridine rings is 1. The van der Waals surface area contributed by atoms with E-state index in [1.807, 2.05) is 31.3 Å². The Hall–Kier alpha value is -1.07. The molecule has 0 amide bonds. The van der Waals surface area contributed by atoms with Gasteiger partial charge in [-0.1, -0.05) is 0 Å². The average molecular weight is 326 g/mol. The number of nitrogens with one attached hydrogen (secondary N) is 1. The lowest BCUT2D eigenvalue weighted by molar-refractivity contribution is 0.905. The molecule has 0 aromatic carbocycles.